The number of hydrogen-bond acceptors (Lipinski definition) is 5. The van der Waals surface area contributed by atoms with Crippen LogP contribution in [-0.2, 0) is 6.54 Å². The minimum Gasteiger partial charge on any atom is -0.379 e. The van der Waals surface area contributed by atoms with E-state index in [1.807, 2.05) is 12.3 Å². The highest BCUT2D eigenvalue weighted by atomic mass is 79.9. The molecule has 0 saturated carbocycles. The molecule has 2 aromatic rings. The van der Waals surface area contributed by atoms with Gasteiger partial charge < -0.3 is 10.2 Å². The van der Waals surface area contributed by atoms with Crippen LogP contribution in [0.4, 0.5) is 10.8 Å². The second-order valence-electron chi connectivity index (χ2n) is 4.13. The Morgan fingerprint density at radius 1 is 1.30 bits per heavy atom. The maximum Gasteiger partial charge on any atom is 0.185 e. The summed E-state index contributed by atoms with van der Waals surface area (Å²) >= 11 is 10.9. The van der Waals surface area contributed by atoms with Crippen LogP contribution in [0.3, 0.4) is 0 Å². The molecule has 0 aromatic carbocycles. The van der Waals surface area contributed by atoms with E-state index in [0.717, 1.165) is 34.9 Å². The molecular weight excluding hydrogens is 360 g/mol. The number of thiazole rings is 1. The topological polar surface area (TPSA) is 41.1 Å². The van der Waals surface area contributed by atoms with Gasteiger partial charge in [-0.15, -0.1) is 11.3 Å². The highest BCUT2D eigenvalue weighted by Gasteiger charge is 2.08. The van der Waals surface area contributed by atoms with E-state index in [1.165, 1.54) is 4.88 Å². The van der Waals surface area contributed by atoms with Gasteiger partial charge in [0.2, 0.25) is 0 Å². The maximum atomic E-state index is 5.87. The van der Waals surface area contributed by atoms with Crippen molar-refractivity contribution in [3.8, 4) is 0 Å². The highest BCUT2D eigenvalue weighted by Crippen LogP contribution is 2.25. The molecular formula is C13H16BrClN4S. The van der Waals surface area contributed by atoms with Gasteiger partial charge in [0.1, 0.15) is 5.15 Å². The van der Waals surface area contributed by atoms with Gasteiger partial charge in [-0.1, -0.05) is 11.6 Å². The summed E-state index contributed by atoms with van der Waals surface area (Å²) in [6, 6.07) is 1.92. The van der Waals surface area contributed by atoms with Crippen molar-refractivity contribution in [3.05, 3.63) is 33.0 Å². The second kappa shape index (κ2) is 7.24. The molecule has 0 aliphatic heterocycles. The molecule has 0 atom stereocenters. The van der Waals surface area contributed by atoms with E-state index in [9.17, 15) is 0 Å². The quantitative estimate of drug-likeness (QED) is 0.759. The third-order valence-corrected chi connectivity index (χ3v) is 5.03. The average molecular weight is 376 g/mol. The Bertz CT molecular complexity index is 571. The molecule has 0 spiro atoms. The minimum absolute atomic E-state index is 0.470. The third-order valence-electron chi connectivity index (χ3n) is 2.84. The normalized spacial score (nSPS) is 10.6. The Kier molecular flexibility index (Phi) is 5.63. The van der Waals surface area contributed by atoms with Crippen molar-refractivity contribution >= 4 is 49.7 Å². The molecule has 0 unspecified atom stereocenters. The van der Waals surface area contributed by atoms with E-state index < -0.39 is 0 Å². The molecule has 0 radical (unpaired) electrons. The fourth-order valence-electron chi connectivity index (χ4n) is 1.73. The Morgan fingerprint density at radius 2 is 2.05 bits per heavy atom. The van der Waals surface area contributed by atoms with Gasteiger partial charge in [0, 0.05) is 24.2 Å². The molecule has 108 valence electrons. The monoisotopic (exact) mass is 374 g/mol. The molecule has 4 nitrogen and oxygen atoms in total. The van der Waals surface area contributed by atoms with Crippen LogP contribution in [0.5, 0.6) is 0 Å². The van der Waals surface area contributed by atoms with Crippen molar-refractivity contribution in [2.75, 3.05) is 23.3 Å². The smallest absolute Gasteiger partial charge is 0.185 e. The van der Waals surface area contributed by atoms with Gasteiger partial charge in [0.05, 0.1) is 22.9 Å². The number of nitrogens with one attached hydrogen (secondary N) is 1. The summed E-state index contributed by atoms with van der Waals surface area (Å²) < 4.78 is 0.789. The lowest BCUT2D eigenvalue weighted by atomic mass is 10.4. The summed E-state index contributed by atoms with van der Waals surface area (Å²) in [5.41, 5.74) is 0.930. The zero-order valence-corrected chi connectivity index (χ0v) is 14.5. The first-order chi connectivity index (χ1) is 9.63. The lowest BCUT2D eigenvalue weighted by Crippen LogP contribution is -2.21. The third kappa shape index (κ3) is 3.84. The van der Waals surface area contributed by atoms with E-state index in [4.69, 9.17) is 11.6 Å². The van der Waals surface area contributed by atoms with Crippen LogP contribution in [0.15, 0.2) is 22.9 Å². The van der Waals surface area contributed by atoms with Crippen molar-refractivity contribution in [1.29, 1.82) is 0 Å². The maximum absolute atomic E-state index is 5.87. The van der Waals surface area contributed by atoms with Gasteiger partial charge in [-0.25, -0.2) is 9.97 Å². The SMILES string of the molecule is CCN(CC)c1ncc(CNc2cnc(Cl)c(Br)c2)s1. The lowest BCUT2D eigenvalue weighted by molar-refractivity contribution is 0.860. The Morgan fingerprint density at radius 3 is 2.70 bits per heavy atom. The van der Waals surface area contributed by atoms with Crippen molar-refractivity contribution in [2.24, 2.45) is 0 Å². The molecule has 2 rings (SSSR count). The number of rotatable bonds is 6. The van der Waals surface area contributed by atoms with E-state index in [1.54, 1.807) is 17.5 Å². The van der Waals surface area contributed by atoms with Gasteiger partial charge in [-0.3, -0.25) is 0 Å². The molecule has 0 amide bonds. The summed E-state index contributed by atoms with van der Waals surface area (Å²) in [5.74, 6) is 0. The van der Waals surface area contributed by atoms with Gasteiger partial charge in [0.25, 0.3) is 0 Å². The van der Waals surface area contributed by atoms with E-state index >= 15 is 0 Å². The molecule has 2 heterocycles. The first-order valence-electron chi connectivity index (χ1n) is 6.38. The van der Waals surface area contributed by atoms with Crippen LogP contribution in [0.1, 0.15) is 18.7 Å². The number of pyridine rings is 1. The van der Waals surface area contributed by atoms with Crippen molar-refractivity contribution in [3.63, 3.8) is 0 Å². The van der Waals surface area contributed by atoms with Crippen molar-refractivity contribution in [1.82, 2.24) is 9.97 Å². The van der Waals surface area contributed by atoms with Gasteiger partial charge in [-0.05, 0) is 35.8 Å². The van der Waals surface area contributed by atoms with Crippen LogP contribution in [-0.4, -0.2) is 23.1 Å². The molecule has 1 N–H and O–H groups in total. The van der Waals surface area contributed by atoms with Gasteiger partial charge >= 0.3 is 0 Å². The van der Waals surface area contributed by atoms with Gasteiger partial charge in [-0.2, -0.15) is 0 Å². The Balaban J connectivity index is 1.98. The lowest BCUT2D eigenvalue weighted by Gasteiger charge is -2.16. The number of hydrogen-bond donors (Lipinski definition) is 1. The molecule has 0 fully saturated rings. The molecule has 0 saturated heterocycles. The zero-order valence-electron chi connectivity index (χ0n) is 11.4. The highest BCUT2D eigenvalue weighted by molar-refractivity contribution is 9.10. The van der Waals surface area contributed by atoms with E-state index in [2.05, 4.69) is 50.0 Å². The van der Waals surface area contributed by atoms with Crippen molar-refractivity contribution < 1.29 is 0 Å². The summed E-state index contributed by atoms with van der Waals surface area (Å²) in [6.45, 7) is 6.96. The van der Waals surface area contributed by atoms with Crippen LogP contribution in [0, 0.1) is 0 Å². The van der Waals surface area contributed by atoms with E-state index in [-0.39, 0.29) is 0 Å². The predicted molar refractivity (Wildman–Crippen MR) is 89.9 cm³/mol. The molecule has 2 aromatic heterocycles. The van der Waals surface area contributed by atoms with Gasteiger partial charge in [0.15, 0.2) is 5.13 Å². The number of nitrogens with zero attached hydrogens (tertiary/aromatic N) is 3. The second-order valence-corrected chi connectivity index (χ2v) is 6.44. The summed E-state index contributed by atoms with van der Waals surface area (Å²) in [7, 11) is 0. The first-order valence-corrected chi connectivity index (χ1v) is 8.37. The Labute approximate surface area is 136 Å². The standard InChI is InChI=1S/C13H16BrClN4S/c1-3-19(4-2)13-18-8-10(20-13)7-16-9-5-11(14)12(15)17-6-9/h5-6,8,16H,3-4,7H2,1-2H3. The Hall–Kier alpha value is -0.850. The summed E-state index contributed by atoms with van der Waals surface area (Å²) in [4.78, 5) is 12.0. The molecule has 0 aliphatic rings. The molecule has 20 heavy (non-hydrogen) atoms. The predicted octanol–water partition coefficient (Wildman–Crippen LogP) is 4.41. The number of anilines is 2. The fourth-order valence-corrected chi connectivity index (χ4v) is 3.16. The average Bonchev–Trinajstić information content (AvgIpc) is 2.90. The largest absolute Gasteiger partial charge is 0.379 e. The number of halogens is 2. The van der Waals surface area contributed by atoms with Crippen LogP contribution >= 0.6 is 38.9 Å². The van der Waals surface area contributed by atoms with E-state index in [0.29, 0.717) is 5.15 Å². The van der Waals surface area contributed by atoms with Crippen LogP contribution in [0.2, 0.25) is 5.15 Å². The molecule has 7 heteroatoms. The number of aromatic nitrogens is 2. The molecule has 0 bridgehead atoms. The van der Waals surface area contributed by atoms with Crippen molar-refractivity contribution in [2.45, 2.75) is 20.4 Å². The minimum atomic E-state index is 0.470. The van der Waals surface area contributed by atoms with Crippen LogP contribution < -0.4 is 10.2 Å². The zero-order chi connectivity index (χ0) is 14.5. The summed E-state index contributed by atoms with van der Waals surface area (Å²) in [6.07, 6.45) is 3.64. The molecule has 0 aliphatic carbocycles. The van der Waals surface area contributed by atoms with Crippen LogP contribution in [0.25, 0.3) is 0 Å². The summed E-state index contributed by atoms with van der Waals surface area (Å²) in [5, 5.41) is 4.86. The fraction of sp³-hybridized carbons (Fsp3) is 0.385. The first kappa shape index (κ1) is 15.5.